The molecule has 2 atom stereocenters. The van der Waals surface area contributed by atoms with E-state index in [1.165, 1.54) is 22.1 Å². The Morgan fingerprint density at radius 1 is 1.09 bits per heavy atom. The van der Waals surface area contributed by atoms with Crippen molar-refractivity contribution in [3.05, 3.63) is 42.5 Å². The van der Waals surface area contributed by atoms with Crippen molar-refractivity contribution in [3.8, 4) is 0 Å². The number of rotatable bonds is 3. The van der Waals surface area contributed by atoms with Gasteiger partial charge in [0.25, 0.3) is 0 Å². The van der Waals surface area contributed by atoms with Crippen molar-refractivity contribution >= 4 is 28.4 Å². The van der Waals surface area contributed by atoms with Crippen LogP contribution in [0.5, 0.6) is 0 Å². The van der Waals surface area contributed by atoms with Crippen molar-refractivity contribution < 1.29 is 4.79 Å². The predicted octanol–water partition coefficient (Wildman–Crippen LogP) is 4.72. The fraction of sp³-hybridized carbons (Fsp3) is 0.421. The summed E-state index contributed by atoms with van der Waals surface area (Å²) in [7, 11) is 0. The van der Waals surface area contributed by atoms with E-state index in [4.69, 9.17) is 0 Å². The fourth-order valence-electron chi connectivity index (χ4n) is 3.39. The highest BCUT2D eigenvalue weighted by Gasteiger charge is 2.28. The first kappa shape index (κ1) is 15.4. The van der Waals surface area contributed by atoms with Gasteiger partial charge in [-0.15, -0.1) is 11.8 Å². The second kappa shape index (κ2) is 6.74. The lowest BCUT2D eigenvalue weighted by Crippen LogP contribution is -2.48. The zero-order valence-electron chi connectivity index (χ0n) is 13.3. The average Bonchev–Trinajstić information content (AvgIpc) is 2.52. The van der Waals surface area contributed by atoms with Crippen molar-refractivity contribution in [3.63, 3.8) is 0 Å². The minimum absolute atomic E-state index is 0.276. The van der Waals surface area contributed by atoms with E-state index in [2.05, 4.69) is 61.2 Å². The third kappa shape index (κ3) is 3.30. The Balaban J connectivity index is 1.66. The molecule has 0 spiro atoms. The van der Waals surface area contributed by atoms with Crippen LogP contribution in [0.4, 0.5) is 0 Å². The first-order valence-corrected chi connectivity index (χ1v) is 9.06. The van der Waals surface area contributed by atoms with Gasteiger partial charge in [0.2, 0.25) is 5.91 Å². The van der Waals surface area contributed by atoms with Gasteiger partial charge in [-0.05, 0) is 56.0 Å². The summed E-state index contributed by atoms with van der Waals surface area (Å²) in [6.07, 6.45) is 3.51. The summed E-state index contributed by atoms with van der Waals surface area (Å²) in [5.74, 6) is 0.811. The van der Waals surface area contributed by atoms with E-state index in [9.17, 15) is 4.79 Å². The number of likely N-dealkylation sites (tertiary alicyclic amines) is 1. The van der Waals surface area contributed by atoms with E-state index < -0.39 is 0 Å². The lowest BCUT2D eigenvalue weighted by Gasteiger charge is -2.39. The molecule has 3 rings (SSSR count). The quantitative estimate of drug-likeness (QED) is 0.764. The van der Waals surface area contributed by atoms with E-state index in [1.807, 2.05) is 0 Å². The summed E-state index contributed by atoms with van der Waals surface area (Å²) in [5.41, 5.74) is 0. The molecule has 0 radical (unpaired) electrons. The maximum Gasteiger partial charge on any atom is 0.233 e. The second-order valence-corrected chi connectivity index (χ2v) is 7.28. The number of nitrogens with zero attached hydrogens (tertiary/aromatic N) is 1. The molecule has 0 bridgehead atoms. The van der Waals surface area contributed by atoms with Gasteiger partial charge >= 0.3 is 0 Å². The molecule has 0 aliphatic carbocycles. The van der Waals surface area contributed by atoms with E-state index in [0.717, 1.165) is 12.8 Å². The molecular weight excluding hydrogens is 290 g/mol. The van der Waals surface area contributed by atoms with Crippen LogP contribution >= 0.6 is 11.8 Å². The SMILES string of the molecule is CC1CCCC(C)N1C(=O)CSc1ccc2ccccc2c1. The summed E-state index contributed by atoms with van der Waals surface area (Å²) >= 11 is 1.65. The van der Waals surface area contributed by atoms with Crippen LogP contribution in [0.1, 0.15) is 33.1 Å². The molecule has 0 N–H and O–H groups in total. The molecule has 1 fully saturated rings. The zero-order valence-corrected chi connectivity index (χ0v) is 14.1. The molecule has 22 heavy (non-hydrogen) atoms. The van der Waals surface area contributed by atoms with Crippen molar-refractivity contribution in [2.45, 2.75) is 50.1 Å². The van der Waals surface area contributed by atoms with E-state index >= 15 is 0 Å². The molecule has 2 aromatic rings. The van der Waals surface area contributed by atoms with Gasteiger partial charge in [-0.3, -0.25) is 4.79 Å². The summed E-state index contributed by atoms with van der Waals surface area (Å²) in [4.78, 5) is 15.8. The zero-order chi connectivity index (χ0) is 15.5. The van der Waals surface area contributed by atoms with Crippen molar-refractivity contribution in [2.24, 2.45) is 0 Å². The molecular formula is C19H23NOS. The fourth-order valence-corrected chi connectivity index (χ4v) is 4.20. The first-order valence-electron chi connectivity index (χ1n) is 8.08. The Bertz CT molecular complexity index is 659. The Morgan fingerprint density at radius 3 is 2.50 bits per heavy atom. The summed E-state index contributed by atoms with van der Waals surface area (Å²) in [6.45, 7) is 4.35. The van der Waals surface area contributed by atoms with Gasteiger partial charge in [0.15, 0.2) is 0 Å². The highest BCUT2D eigenvalue weighted by Crippen LogP contribution is 2.27. The number of carbonyl (C=O) groups is 1. The number of fused-ring (bicyclic) bond motifs is 1. The van der Waals surface area contributed by atoms with Crippen LogP contribution in [-0.4, -0.2) is 28.6 Å². The van der Waals surface area contributed by atoms with Crippen LogP contribution in [-0.2, 0) is 4.79 Å². The van der Waals surface area contributed by atoms with Crippen LogP contribution < -0.4 is 0 Å². The molecule has 2 aromatic carbocycles. The smallest absolute Gasteiger partial charge is 0.233 e. The average molecular weight is 313 g/mol. The Kier molecular flexibility index (Phi) is 4.72. The lowest BCUT2D eigenvalue weighted by atomic mass is 9.98. The molecule has 116 valence electrons. The first-order chi connectivity index (χ1) is 10.6. The van der Waals surface area contributed by atoms with Crippen LogP contribution in [0.25, 0.3) is 10.8 Å². The number of hydrogen-bond donors (Lipinski definition) is 0. The molecule has 1 aliphatic heterocycles. The highest BCUT2D eigenvalue weighted by molar-refractivity contribution is 8.00. The van der Waals surface area contributed by atoms with Gasteiger partial charge in [0.05, 0.1) is 5.75 Å². The standard InChI is InChI=1S/C19H23NOS/c1-14-6-5-7-15(2)20(14)19(21)13-22-18-11-10-16-8-3-4-9-17(16)12-18/h3-4,8-12,14-15H,5-7,13H2,1-2H3. The summed E-state index contributed by atoms with van der Waals surface area (Å²) in [5, 5.41) is 2.48. The molecule has 1 saturated heterocycles. The van der Waals surface area contributed by atoms with E-state index in [-0.39, 0.29) is 5.91 Å². The normalized spacial score (nSPS) is 22.0. The molecule has 0 aromatic heterocycles. The van der Waals surface area contributed by atoms with Gasteiger partial charge in [0.1, 0.15) is 0 Å². The van der Waals surface area contributed by atoms with Crippen molar-refractivity contribution in [2.75, 3.05) is 5.75 Å². The van der Waals surface area contributed by atoms with Gasteiger partial charge < -0.3 is 4.90 Å². The maximum atomic E-state index is 12.6. The van der Waals surface area contributed by atoms with Gasteiger partial charge in [-0.2, -0.15) is 0 Å². The number of amides is 1. The minimum atomic E-state index is 0.276. The van der Waals surface area contributed by atoms with Crippen LogP contribution in [0, 0.1) is 0 Å². The number of carbonyl (C=O) groups excluding carboxylic acids is 1. The van der Waals surface area contributed by atoms with E-state index in [1.54, 1.807) is 11.8 Å². The third-order valence-corrected chi connectivity index (χ3v) is 5.54. The minimum Gasteiger partial charge on any atom is -0.337 e. The van der Waals surface area contributed by atoms with Crippen LogP contribution in [0.3, 0.4) is 0 Å². The Hall–Kier alpha value is -1.48. The lowest BCUT2D eigenvalue weighted by molar-refractivity contribution is -0.134. The molecule has 1 heterocycles. The number of thioether (sulfide) groups is 1. The molecule has 2 nitrogen and oxygen atoms in total. The number of benzene rings is 2. The molecule has 3 heteroatoms. The van der Waals surface area contributed by atoms with E-state index in [0.29, 0.717) is 17.8 Å². The van der Waals surface area contributed by atoms with Crippen LogP contribution in [0.2, 0.25) is 0 Å². The van der Waals surface area contributed by atoms with Crippen molar-refractivity contribution in [1.29, 1.82) is 0 Å². The maximum absolute atomic E-state index is 12.6. The molecule has 1 aliphatic rings. The number of piperidine rings is 1. The van der Waals surface area contributed by atoms with Gasteiger partial charge in [-0.25, -0.2) is 0 Å². The molecule has 0 saturated carbocycles. The van der Waals surface area contributed by atoms with Gasteiger partial charge in [0, 0.05) is 17.0 Å². The summed E-state index contributed by atoms with van der Waals surface area (Å²) < 4.78 is 0. The molecule has 1 amide bonds. The largest absolute Gasteiger partial charge is 0.337 e. The Morgan fingerprint density at radius 2 is 1.77 bits per heavy atom. The highest BCUT2D eigenvalue weighted by atomic mass is 32.2. The monoisotopic (exact) mass is 313 g/mol. The van der Waals surface area contributed by atoms with Gasteiger partial charge in [-0.1, -0.05) is 30.3 Å². The van der Waals surface area contributed by atoms with Crippen LogP contribution in [0.15, 0.2) is 47.4 Å². The summed E-state index contributed by atoms with van der Waals surface area (Å²) in [6, 6.07) is 15.5. The Labute approximate surface area is 136 Å². The topological polar surface area (TPSA) is 20.3 Å². The van der Waals surface area contributed by atoms with Crippen molar-refractivity contribution in [1.82, 2.24) is 4.90 Å². The predicted molar refractivity (Wildman–Crippen MR) is 94.3 cm³/mol. The third-order valence-electron chi connectivity index (χ3n) is 4.56. The second-order valence-electron chi connectivity index (χ2n) is 6.23. The molecule has 2 unspecified atom stereocenters. The number of hydrogen-bond acceptors (Lipinski definition) is 2.